The van der Waals surface area contributed by atoms with Crippen LogP contribution < -0.4 is 10.6 Å². The van der Waals surface area contributed by atoms with Crippen molar-refractivity contribution in [1.82, 2.24) is 20.4 Å². The molecule has 1 aliphatic heterocycles. The van der Waals surface area contributed by atoms with E-state index in [2.05, 4.69) is 15.7 Å². The van der Waals surface area contributed by atoms with Crippen molar-refractivity contribution in [3.63, 3.8) is 0 Å². The third-order valence-corrected chi connectivity index (χ3v) is 3.88. The van der Waals surface area contributed by atoms with E-state index in [1.807, 2.05) is 30.3 Å². The SMILES string of the molecule is O=C(NCC1CCCNC1)c1nn(-c2ccccc2)cc1O. The average Bonchev–Trinajstić information content (AvgIpc) is 2.96. The van der Waals surface area contributed by atoms with Crippen molar-refractivity contribution in [2.45, 2.75) is 12.8 Å². The zero-order chi connectivity index (χ0) is 15.4. The standard InChI is InChI=1S/C16H20N4O2/c21-14-11-20(13-6-2-1-3-7-13)19-15(14)16(22)18-10-12-5-4-8-17-9-12/h1-3,6-7,11-12,17,21H,4-5,8-10H2,(H,18,22). The van der Waals surface area contributed by atoms with Crippen LogP contribution in [-0.4, -0.2) is 40.4 Å². The maximum absolute atomic E-state index is 12.2. The number of aromatic hydroxyl groups is 1. The van der Waals surface area contributed by atoms with E-state index in [1.54, 1.807) is 0 Å². The lowest BCUT2D eigenvalue weighted by atomic mass is 10.00. The highest BCUT2D eigenvalue weighted by atomic mass is 16.3. The predicted molar refractivity (Wildman–Crippen MR) is 83.2 cm³/mol. The molecule has 22 heavy (non-hydrogen) atoms. The maximum atomic E-state index is 12.2. The Morgan fingerprint density at radius 2 is 2.23 bits per heavy atom. The van der Waals surface area contributed by atoms with Crippen molar-refractivity contribution >= 4 is 5.91 Å². The van der Waals surface area contributed by atoms with E-state index in [1.165, 1.54) is 10.9 Å². The number of hydrogen-bond donors (Lipinski definition) is 3. The van der Waals surface area contributed by atoms with Crippen molar-refractivity contribution < 1.29 is 9.90 Å². The summed E-state index contributed by atoms with van der Waals surface area (Å²) < 4.78 is 1.51. The van der Waals surface area contributed by atoms with Gasteiger partial charge in [0.25, 0.3) is 5.91 Å². The van der Waals surface area contributed by atoms with E-state index < -0.39 is 0 Å². The molecule has 0 bridgehead atoms. The van der Waals surface area contributed by atoms with Crippen LogP contribution in [0, 0.1) is 5.92 Å². The number of carbonyl (C=O) groups is 1. The fourth-order valence-electron chi connectivity index (χ4n) is 2.66. The summed E-state index contributed by atoms with van der Waals surface area (Å²) >= 11 is 0. The normalized spacial score (nSPS) is 18.1. The lowest BCUT2D eigenvalue weighted by molar-refractivity contribution is 0.0937. The largest absolute Gasteiger partial charge is 0.504 e. The molecule has 2 heterocycles. The summed E-state index contributed by atoms with van der Waals surface area (Å²) in [6.45, 7) is 2.57. The van der Waals surface area contributed by atoms with Gasteiger partial charge in [-0.2, -0.15) is 5.10 Å². The Balaban J connectivity index is 1.66. The Bertz CT molecular complexity index is 633. The van der Waals surface area contributed by atoms with Crippen molar-refractivity contribution in [2.75, 3.05) is 19.6 Å². The monoisotopic (exact) mass is 300 g/mol. The third-order valence-electron chi connectivity index (χ3n) is 3.88. The van der Waals surface area contributed by atoms with E-state index in [0.29, 0.717) is 12.5 Å². The van der Waals surface area contributed by atoms with Gasteiger partial charge in [0.1, 0.15) is 0 Å². The number of nitrogens with zero attached hydrogens (tertiary/aromatic N) is 2. The fourth-order valence-corrected chi connectivity index (χ4v) is 2.66. The number of benzene rings is 1. The van der Waals surface area contributed by atoms with Crippen LogP contribution in [0.2, 0.25) is 0 Å². The molecule has 0 radical (unpaired) electrons. The second-order valence-corrected chi connectivity index (χ2v) is 5.57. The minimum atomic E-state index is -0.335. The minimum absolute atomic E-state index is 0.0626. The highest BCUT2D eigenvalue weighted by Crippen LogP contribution is 2.18. The lowest BCUT2D eigenvalue weighted by Gasteiger charge is -2.22. The van der Waals surface area contributed by atoms with Gasteiger partial charge in [-0.25, -0.2) is 4.68 Å². The number of amides is 1. The Hall–Kier alpha value is -2.34. The molecule has 0 aliphatic carbocycles. The van der Waals surface area contributed by atoms with Gasteiger partial charge in [-0.3, -0.25) is 4.79 Å². The predicted octanol–water partition coefficient (Wildman–Crippen LogP) is 1.31. The van der Waals surface area contributed by atoms with Gasteiger partial charge in [-0.1, -0.05) is 18.2 Å². The molecule has 1 unspecified atom stereocenters. The highest BCUT2D eigenvalue weighted by molar-refractivity contribution is 5.94. The summed E-state index contributed by atoms with van der Waals surface area (Å²) in [5, 5.41) is 20.3. The van der Waals surface area contributed by atoms with Crippen LogP contribution in [0.4, 0.5) is 0 Å². The molecule has 1 amide bonds. The molecule has 2 aromatic rings. The zero-order valence-electron chi connectivity index (χ0n) is 12.3. The molecule has 6 heteroatoms. The van der Waals surface area contributed by atoms with Crippen LogP contribution >= 0.6 is 0 Å². The van der Waals surface area contributed by atoms with Crippen LogP contribution in [0.1, 0.15) is 23.3 Å². The van der Waals surface area contributed by atoms with Gasteiger partial charge < -0.3 is 15.7 Å². The minimum Gasteiger partial charge on any atom is -0.504 e. The molecule has 1 aromatic carbocycles. The van der Waals surface area contributed by atoms with Crippen LogP contribution in [0.5, 0.6) is 5.75 Å². The molecule has 0 saturated carbocycles. The summed E-state index contributed by atoms with van der Waals surface area (Å²) in [5.74, 6) is -0.00284. The number of piperidine rings is 1. The zero-order valence-corrected chi connectivity index (χ0v) is 12.3. The maximum Gasteiger partial charge on any atom is 0.275 e. The molecule has 6 nitrogen and oxygen atoms in total. The molecule has 3 rings (SSSR count). The molecular weight excluding hydrogens is 280 g/mol. The van der Waals surface area contributed by atoms with Crippen LogP contribution in [0.25, 0.3) is 5.69 Å². The first-order valence-corrected chi connectivity index (χ1v) is 7.57. The van der Waals surface area contributed by atoms with E-state index in [0.717, 1.165) is 31.6 Å². The summed E-state index contributed by atoms with van der Waals surface area (Å²) in [4.78, 5) is 12.2. The topological polar surface area (TPSA) is 79.2 Å². The Morgan fingerprint density at radius 3 is 2.95 bits per heavy atom. The van der Waals surface area contributed by atoms with Crippen molar-refractivity contribution in [1.29, 1.82) is 0 Å². The quantitative estimate of drug-likeness (QED) is 0.795. The fraction of sp³-hybridized carbons (Fsp3) is 0.375. The summed E-state index contributed by atoms with van der Waals surface area (Å²) in [7, 11) is 0. The summed E-state index contributed by atoms with van der Waals surface area (Å²) in [6.07, 6.45) is 3.69. The molecular formula is C16H20N4O2. The molecule has 1 fully saturated rings. The Kier molecular flexibility index (Phi) is 4.39. The van der Waals surface area contributed by atoms with Crippen molar-refractivity contribution in [3.8, 4) is 11.4 Å². The van der Waals surface area contributed by atoms with Gasteiger partial charge in [-0.05, 0) is 44.0 Å². The Labute approximate surface area is 129 Å². The van der Waals surface area contributed by atoms with Crippen LogP contribution in [0.15, 0.2) is 36.5 Å². The van der Waals surface area contributed by atoms with Gasteiger partial charge in [0, 0.05) is 6.54 Å². The highest BCUT2D eigenvalue weighted by Gasteiger charge is 2.19. The van der Waals surface area contributed by atoms with Gasteiger partial charge in [0.05, 0.1) is 11.9 Å². The third kappa shape index (κ3) is 3.28. The molecule has 1 saturated heterocycles. The van der Waals surface area contributed by atoms with E-state index >= 15 is 0 Å². The smallest absolute Gasteiger partial charge is 0.275 e. The first kappa shape index (κ1) is 14.6. The summed E-state index contributed by atoms with van der Waals surface area (Å²) in [6, 6.07) is 9.39. The number of aromatic nitrogens is 2. The molecule has 3 N–H and O–H groups in total. The molecule has 1 atom stereocenters. The second kappa shape index (κ2) is 6.62. The molecule has 0 spiro atoms. The van der Waals surface area contributed by atoms with Crippen molar-refractivity contribution in [3.05, 3.63) is 42.2 Å². The molecule has 1 aliphatic rings. The van der Waals surface area contributed by atoms with E-state index in [-0.39, 0.29) is 17.4 Å². The Morgan fingerprint density at radius 1 is 1.41 bits per heavy atom. The number of hydrogen-bond acceptors (Lipinski definition) is 4. The number of rotatable bonds is 4. The van der Waals surface area contributed by atoms with Crippen LogP contribution in [0.3, 0.4) is 0 Å². The van der Waals surface area contributed by atoms with Gasteiger partial charge in [-0.15, -0.1) is 0 Å². The van der Waals surface area contributed by atoms with Gasteiger partial charge in [0.2, 0.25) is 0 Å². The van der Waals surface area contributed by atoms with E-state index in [4.69, 9.17) is 0 Å². The molecule has 116 valence electrons. The second-order valence-electron chi connectivity index (χ2n) is 5.57. The lowest BCUT2D eigenvalue weighted by Crippen LogP contribution is -2.38. The van der Waals surface area contributed by atoms with Crippen molar-refractivity contribution in [2.24, 2.45) is 5.92 Å². The number of para-hydroxylation sites is 1. The first-order chi connectivity index (χ1) is 10.7. The molecule has 1 aromatic heterocycles. The van der Waals surface area contributed by atoms with E-state index in [9.17, 15) is 9.90 Å². The number of nitrogens with one attached hydrogen (secondary N) is 2. The summed E-state index contributed by atoms with van der Waals surface area (Å²) in [5.41, 5.74) is 0.862. The average molecular weight is 300 g/mol. The first-order valence-electron chi connectivity index (χ1n) is 7.57. The van der Waals surface area contributed by atoms with Gasteiger partial charge >= 0.3 is 0 Å². The van der Waals surface area contributed by atoms with Gasteiger partial charge in [0.15, 0.2) is 11.4 Å². The van der Waals surface area contributed by atoms with Crippen LogP contribution in [-0.2, 0) is 0 Å². The number of carbonyl (C=O) groups excluding carboxylic acids is 1.